The molecule has 1 N–H and O–H groups in total. The molecule has 4 aromatic rings. The van der Waals surface area contributed by atoms with Gasteiger partial charge in [0.1, 0.15) is 17.9 Å². The standard InChI is InChI=1S/C28H29N5O6/c1-28(2)14-17(16-38-3)25-20-12-18(39-11-10-31-27(37)30-9-5-4-6-24(30)29-31)7-8-19(20)22-13-23(34)21(26(35)36)15-32(22)33(25)28/h4-9,12-13,15,17,25H,10-11,14,16H2,1-3H3,(H,35,36). The van der Waals surface area contributed by atoms with E-state index in [0.29, 0.717) is 23.7 Å². The van der Waals surface area contributed by atoms with Gasteiger partial charge in [-0.1, -0.05) is 6.07 Å². The van der Waals surface area contributed by atoms with E-state index in [1.807, 2.05) is 28.9 Å². The van der Waals surface area contributed by atoms with Gasteiger partial charge in [0.15, 0.2) is 11.1 Å². The molecule has 1 aromatic carbocycles. The zero-order valence-electron chi connectivity index (χ0n) is 21.9. The molecule has 2 aliphatic heterocycles. The Morgan fingerprint density at radius 2 is 2.00 bits per heavy atom. The maximum atomic E-state index is 12.7. The van der Waals surface area contributed by atoms with Gasteiger partial charge in [0.05, 0.1) is 30.4 Å². The second-order valence-corrected chi connectivity index (χ2v) is 10.6. The van der Waals surface area contributed by atoms with E-state index in [9.17, 15) is 19.5 Å². The molecule has 6 rings (SSSR count). The Bertz CT molecular complexity index is 1720. The van der Waals surface area contributed by atoms with Gasteiger partial charge in [0.2, 0.25) is 0 Å². The van der Waals surface area contributed by atoms with Gasteiger partial charge in [0.25, 0.3) is 0 Å². The highest BCUT2D eigenvalue weighted by Crippen LogP contribution is 2.51. The van der Waals surface area contributed by atoms with E-state index in [4.69, 9.17) is 9.47 Å². The minimum absolute atomic E-state index is 0.122. The number of pyridine rings is 2. The third-order valence-corrected chi connectivity index (χ3v) is 7.64. The number of carbonyl (C=O) groups is 1. The topological polar surface area (TPSA) is 120 Å². The van der Waals surface area contributed by atoms with Crippen LogP contribution >= 0.6 is 0 Å². The lowest BCUT2D eigenvalue weighted by molar-refractivity contribution is 0.0694. The van der Waals surface area contributed by atoms with Crippen LogP contribution in [0.25, 0.3) is 16.9 Å². The van der Waals surface area contributed by atoms with Crippen LogP contribution in [0.5, 0.6) is 5.75 Å². The molecule has 39 heavy (non-hydrogen) atoms. The number of hydrogen-bond donors (Lipinski definition) is 1. The molecule has 2 atom stereocenters. The van der Waals surface area contributed by atoms with E-state index < -0.39 is 11.4 Å². The zero-order chi connectivity index (χ0) is 27.5. The molecule has 1 saturated heterocycles. The predicted molar refractivity (Wildman–Crippen MR) is 143 cm³/mol. The lowest BCUT2D eigenvalue weighted by atomic mass is 9.87. The molecular formula is C28H29N5O6. The molecule has 0 aliphatic carbocycles. The Kier molecular flexibility index (Phi) is 5.83. The third kappa shape index (κ3) is 4.00. The smallest absolute Gasteiger partial charge is 0.350 e. The third-order valence-electron chi connectivity index (χ3n) is 7.64. The molecule has 1 fully saturated rings. The molecule has 0 radical (unpaired) electrons. The minimum Gasteiger partial charge on any atom is -0.492 e. The van der Waals surface area contributed by atoms with Crippen molar-refractivity contribution < 1.29 is 19.4 Å². The van der Waals surface area contributed by atoms with E-state index in [2.05, 4.69) is 24.0 Å². The lowest BCUT2D eigenvalue weighted by Crippen LogP contribution is -2.50. The van der Waals surface area contributed by atoms with Crippen LogP contribution in [0.15, 0.2) is 64.4 Å². The molecule has 2 aliphatic rings. The van der Waals surface area contributed by atoms with Gasteiger partial charge in [-0.15, -0.1) is 5.10 Å². The van der Waals surface area contributed by atoms with Crippen molar-refractivity contribution >= 4 is 11.6 Å². The second kappa shape index (κ2) is 9.12. The van der Waals surface area contributed by atoms with Gasteiger partial charge in [-0.3, -0.25) is 18.9 Å². The van der Waals surface area contributed by atoms with Crippen LogP contribution in [-0.4, -0.2) is 55.8 Å². The average Bonchev–Trinajstić information content (AvgIpc) is 3.36. The maximum Gasteiger partial charge on any atom is 0.350 e. The molecule has 202 valence electrons. The highest BCUT2D eigenvalue weighted by Gasteiger charge is 2.50. The first-order chi connectivity index (χ1) is 18.7. The van der Waals surface area contributed by atoms with Crippen molar-refractivity contribution in [2.24, 2.45) is 5.92 Å². The SMILES string of the molecule is COCC1CC(C)(C)N2C1c1cc(OCCn3nc4ccccn4c3=O)ccc1-c1cc(=O)c(C(=O)O)cn12. The van der Waals surface area contributed by atoms with E-state index in [0.717, 1.165) is 17.5 Å². The number of benzene rings is 1. The highest BCUT2D eigenvalue weighted by molar-refractivity contribution is 5.88. The van der Waals surface area contributed by atoms with Crippen LogP contribution in [0.2, 0.25) is 0 Å². The van der Waals surface area contributed by atoms with Crippen molar-refractivity contribution in [3.63, 3.8) is 0 Å². The van der Waals surface area contributed by atoms with Crippen LogP contribution in [0.3, 0.4) is 0 Å². The number of aromatic nitrogens is 4. The van der Waals surface area contributed by atoms with Gasteiger partial charge in [-0.25, -0.2) is 14.3 Å². The van der Waals surface area contributed by atoms with Crippen molar-refractivity contribution in [2.75, 3.05) is 25.3 Å². The van der Waals surface area contributed by atoms with Crippen LogP contribution in [-0.2, 0) is 11.3 Å². The Morgan fingerprint density at radius 3 is 2.74 bits per heavy atom. The monoisotopic (exact) mass is 531 g/mol. The van der Waals surface area contributed by atoms with E-state index in [-0.39, 0.29) is 41.9 Å². The molecule has 0 saturated carbocycles. The summed E-state index contributed by atoms with van der Waals surface area (Å²) in [7, 11) is 1.67. The molecule has 11 nitrogen and oxygen atoms in total. The Labute approximate surface area is 223 Å². The van der Waals surface area contributed by atoms with E-state index in [1.165, 1.54) is 21.3 Å². The number of nitrogens with zero attached hydrogens (tertiary/aromatic N) is 5. The number of methoxy groups -OCH3 is 1. The Balaban J connectivity index is 1.37. The molecule has 2 unspecified atom stereocenters. The van der Waals surface area contributed by atoms with E-state index in [1.54, 1.807) is 25.4 Å². The number of carboxylic acids is 1. The van der Waals surface area contributed by atoms with Crippen molar-refractivity contribution in [1.29, 1.82) is 0 Å². The summed E-state index contributed by atoms with van der Waals surface area (Å²) in [4.78, 5) is 37.1. The van der Waals surface area contributed by atoms with Crippen LogP contribution < -0.4 is 20.9 Å². The van der Waals surface area contributed by atoms with Crippen molar-refractivity contribution in [2.45, 2.75) is 38.4 Å². The minimum atomic E-state index is -1.25. The summed E-state index contributed by atoms with van der Waals surface area (Å²) in [5.74, 6) is -0.503. The van der Waals surface area contributed by atoms with Crippen LogP contribution in [0.4, 0.5) is 0 Å². The fourth-order valence-electron chi connectivity index (χ4n) is 6.13. The first-order valence-corrected chi connectivity index (χ1v) is 12.8. The van der Waals surface area contributed by atoms with Crippen LogP contribution in [0.1, 0.15) is 42.2 Å². The number of rotatable bonds is 7. The Hall–Kier alpha value is -4.38. The average molecular weight is 532 g/mol. The summed E-state index contributed by atoms with van der Waals surface area (Å²) in [6.07, 6.45) is 3.92. The van der Waals surface area contributed by atoms with Gasteiger partial charge in [-0.2, -0.15) is 0 Å². The number of fused-ring (bicyclic) bond motifs is 7. The summed E-state index contributed by atoms with van der Waals surface area (Å²) >= 11 is 0. The molecular weight excluding hydrogens is 502 g/mol. The number of ether oxygens (including phenoxy) is 2. The zero-order valence-corrected chi connectivity index (χ0v) is 21.9. The summed E-state index contributed by atoms with van der Waals surface area (Å²) in [6, 6.07) is 12.4. The second-order valence-electron chi connectivity index (χ2n) is 10.6. The van der Waals surface area contributed by atoms with E-state index >= 15 is 0 Å². The van der Waals surface area contributed by atoms with Crippen LogP contribution in [0, 0.1) is 5.92 Å². The summed E-state index contributed by atoms with van der Waals surface area (Å²) in [5.41, 5.74) is 1.64. The largest absolute Gasteiger partial charge is 0.492 e. The number of carboxylic acid groups (broad SMARTS) is 1. The summed E-state index contributed by atoms with van der Waals surface area (Å²) in [5, 5.41) is 16.1. The summed E-state index contributed by atoms with van der Waals surface area (Å²) in [6.45, 7) is 5.25. The fourth-order valence-corrected chi connectivity index (χ4v) is 6.13. The molecule has 3 aromatic heterocycles. The maximum absolute atomic E-state index is 12.7. The molecule has 5 heterocycles. The van der Waals surface area contributed by atoms with Gasteiger partial charge < -0.3 is 14.6 Å². The number of aromatic carboxylic acids is 1. The summed E-state index contributed by atoms with van der Waals surface area (Å²) < 4.78 is 16.4. The lowest BCUT2D eigenvalue weighted by Gasteiger charge is -2.45. The first kappa shape index (κ1) is 24.9. The Morgan fingerprint density at radius 1 is 1.18 bits per heavy atom. The quantitative estimate of drug-likeness (QED) is 0.386. The van der Waals surface area contributed by atoms with Crippen molar-refractivity contribution in [3.05, 3.63) is 86.7 Å². The van der Waals surface area contributed by atoms with Gasteiger partial charge >= 0.3 is 11.7 Å². The number of hydrogen-bond acceptors (Lipinski definition) is 7. The predicted octanol–water partition coefficient (Wildman–Crippen LogP) is 2.54. The van der Waals surface area contributed by atoms with Gasteiger partial charge in [-0.05, 0) is 56.2 Å². The molecule has 0 spiro atoms. The van der Waals surface area contributed by atoms with Gasteiger partial charge in [0, 0.05) is 37.1 Å². The fraction of sp³-hybridized carbons (Fsp3) is 0.357. The highest BCUT2D eigenvalue weighted by atomic mass is 16.5. The molecule has 0 bridgehead atoms. The normalized spacial score (nSPS) is 19.0. The first-order valence-electron chi connectivity index (χ1n) is 12.8. The van der Waals surface area contributed by atoms with Crippen molar-refractivity contribution in [3.8, 4) is 17.0 Å². The van der Waals surface area contributed by atoms with Crippen molar-refractivity contribution in [1.82, 2.24) is 18.9 Å². The molecule has 11 heteroatoms. The molecule has 0 amide bonds.